The second-order valence-electron chi connectivity index (χ2n) is 10.2. The fourth-order valence-electron chi connectivity index (χ4n) is 5.54. The van der Waals surface area contributed by atoms with E-state index in [4.69, 9.17) is 0 Å². The molecule has 0 radical (unpaired) electrons. The molecule has 35 heavy (non-hydrogen) atoms. The van der Waals surface area contributed by atoms with Crippen molar-refractivity contribution < 1.29 is 14.4 Å². The molecule has 186 valence electrons. The molecule has 2 aliphatic heterocycles. The van der Waals surface area contributed by atoms with Crippen LogP contribution < -0.4 is 0 Å². The number of likely N-dealkylation sites (tertiary alicyclic amines) is 2. The molecule has 0 bridgehead atoms. The number of carbonyl (C=O) groups excluding carboxylic acids is 3. The van der Waals surface area contributed by atoms with Crippen molar-refractivity contribution in [1.29, 1.82) is 0 Å². The zero-order valence-corrected chi connectivity index (χ0v) is 21.2. The zero-order chi connectivity index (χ0) is 25.0. The number of hydrogen-bond acceptors (Lipinski definition) is 4. The Morgan fingerprint density at radius 2 is 1.69 bits per heavy atom. The molecule has 0 aliphatic carbocycles. The standard InChI is InChI=1S/C29H37N3O3/c1-22-11-7-8-14-25(22)29(19-26(33)30(3)18-15-23(2)31-16-9-10-17-31)20-27(34)32(28(29)35)21-24-12-5-4-6-13-24/h4-8,11-14,23H,9-10,15-21H2,1-3H3/t23-,29-/m1/s1. The first-order valence-corrected chi connectivity index (χ1v) is 12.7. The Morgan fingerprint density at radius 3 is 2.37 bits per heavy atom. The monoisotopic (exact) mass is 475 g/mol. The summed E-state index contributed by atoms with van der Waals surface area (Å²) in [5.41, 5.74) is 1.44. The number of hydrogen-bond donors (Lipinski definition) is 0. The highest BCUT2D eigenvalue weighted by molar-refractivity contribution is 6.10. The molecule has 0 unspecified atom stereocenters. The average Bonchev–Trinajstić information content (AvgIpc) is 3.47. The molecule has 4 rings (SSSR count). The van der Waals surface area contributed by atoms with Gasteiger partial charge in [0.15, 0.2) is 0 Å². The molecule has 0 aromatic heterocycles. The van der Waals surface area contributed by atoms with E-state index in [2.05, 4.69) is 11.8 Å². The molecule has 2 aliphatic rings. The normalized spacial score (nSPS) is 21.5. The van der Waals surface area contributed by atoms with E-state index in [0.29, 0.717) is 12.6 Å². The summed E-state index contributed by atoms with van der Waals surface area (Å²) < 4.78 is 0. The van der Waals surface area contributed by atoms with Crippen LogP contribution in [0.1, 0.15) is 55.7 Å². The lowest BCUT2D eigenvalue weighted by atomic mass is 9.74. The average molecular weight is 476 g/mol. The van der Waals surface area contributed by atoms with Gasteiger partial charge in [-0.2, -0.15) is 0 Å². The van der Waals surface area contributed by atoms with Gasteiger partial charge in [-0.25, -0.2) is 0 Å². The Hall–Kier alpha value is -2.99. The van der Waals surface area contributed by atoms with Crippen LogP contribution in [0.3, 0.4) is 0 Å². The predicted molar refractivity (Wildman–Crippen MR) is 137 cm³/mol. The van der Waals surface area contributed by atoms with Crippen molar-refractivity contribution in [3.05, 3.63) is 71.3 Å². The Kier molecular flexibility index (Phi) is 7.70. The second kappa shape index (κ2) is 10.7. The molecule has 6 heteroatoms. The summed E-state index contributed by atoms with van der Waals surface area (Å²) in [5.74, 6) is -0.586. The Bertz CT molecular complexity index is 1060. The Morgan fingerprint density at radius 1 is 1.03 bits per heavy atom. The van der Waals surface area contributed by atoms with Crippen LogP contribution in [-0.2, 0) is 26.3 Å². The Labute approximate surface area is 208 Å². The highest BCUT2D eigenvalue weighted by atomic mass is 16.2. The van der Waals surface area contributed by atoms with E-state index in [1.54, 1.807) is 4.90 Å². The maximum absolute atomic E-state index is 13.9. The highest BCUT2D eigenvalue weighted by Crippen LogP contribution is 2.42. The van der Waals surface area contributed by atoms with Crippen LogP contribution >= 0.6 is 0 Å². The summed E-state index contributed by atoms with van der Waals surface area (Å²) in [5, 5.41) is 0. The lowest BCUT2D eigenvalue weighted by molar-refractivity contribution is -0.143. The van der Waals surface area contributed by atoms with Crippen LogP contribution in [0, 0.1) is 6.92 Å². The van der Waals surface area contributed by atoms with E-state index in [-0.39, 0.29) is 37.1 Å². The van der Waals surface area contributed by atoms with Gasteiger partial charge in [0.2, 0.25) is 17.7 Å². The van der Waals surface area contributed by atoms with E-state index in [1.165, 1.54) is 17.7 Å². The number of benzene rings is 2. The van der Waals surface area contributed by atoms with Crippen molar-refractivity contribution in [3.8, 4) is 0 Å². The fraction of sp³-hybridized carbons (Fsp3) is 0.483. The molecule has 0 saturated carbocycles. The number of rotatable bonds is 9. The van der Waals surface area contributed by atoms with Gasteiger partial charge in [0.1, 0.15) is 0 Å². The molecule has 2 aromatic carbocycles. The van der Waals surface area contributed by atoms with E-state index >= 15 is 0 Å². The molecule has 2 atom stereocenters. The third kappa shape index (κ3) is 5.32. The van der Waals surface area contributed by atoms with Gasteiger partial charge in [0.05, 0.1) is 12.0 Å². The Balaban J connectivity index is 1.54. The van der Waals surface area contributed by atoms with Crippen molar-refractivity contribution in [1.82, 2.24) is 14.7 Å². The number of aryl methyl sites for hydroxylation is 1. The maximum atomic E-state index is 13.9. The summed E-state index contributed by atoms with van der Waals surface area (Å²) in [4.78, 5) is 46.1. The first kappa shape index (κ1) is 25.1. The number of carbonyl (C=O) groups is 3. The van der Waals surface area contributed by atoms with Gasteiger partial charge >= 0.3 is 0 Å². The largest absolute Gasteiger partial charge is 0.346 e. The molecule has 2 saturated heterocycles. The van der Waals surface area contributed by atoms with Crippen molar-refractivity contribution >= 4 is 17.7 Å². The van der Waals surface area contributed by atoms with E-state index < -0.39 is 5.41 Å². The smallest absolute Gasteiger partial charge is 0.241 e. The van der Waals surface area contributed by atoms with Crippen molar-refractivity contribution in [2.24, 2.45) is 0 Å². The van der Waals surface area contributed by atoms with Crippen molar-refractivity contribution in [2.45, 2.75) is 64.0 Å². The molecule has 6 nitrogen and oxygen atoms in total. The topological polar surface area (TPSA) is 60.9 Å². The molecular formula is C29H37N3O3. The van der Waals surface area contributed by atoms with Gasteiger partial charge in [0, 0.05) is 32.5 Å². The fourth-order valence-corrected chi connectivity index (χ4v) is 5.54. The maximum Gasteiger partial charge on any atom is 0.241 e. The molecule has 3 amide bonds. The minimum atomic E-state index is -1.16. The lowest BCUT2D eigenvalue weighted by Crippen LogP contribution is -2.43. The minimum Gasteiger partial charge on any atom is -0.346 e. The molecule has 2 fully saturated rings. The molecular weight excluding hydrogens is 438 g/mol. The quantitative estimate of drug-likeness (QED) is 0.516. The highest BCUT2D eigenvalue weighted by Gasteiger charge is 2.54. The summed E-state index contributed by atoms with van der Waals surface area (Å²) in [6, 6.07) is 17.6. The summed E-state index contributed by atoms with van der Waals surface area (Å²) >= 11 is 0. The first-order chi connectivity index (χ1) is 16.8. The van der Waals surface area contributed by atoms with Crippen LogP contribution in [0.4, 0.5) is 0 Å². The van der Waals surface area contributed by atoms with Gasteiger partial charge < -0.3 is 9.80 Å². The van der Waals surface area contributed by atoms with Crippen LogP contribution in [0.25, 0.3) is 0 Å². The summed E-state index contributed by atoms with van der Waals surface area (Å²) in [7, 11) is 1.81. The SMILES string of the molecule is Cc1ccccc1[C@@]1(CC(=O)N(C)CC[C@@H](C)N2CCCC2)CC(=O)N(Cc2ccccc2)C1=O. The van der Waals surface area contributed by atoms with Gasteiger partial charge in [-0.05, 0) is 62.9 Å². The van der Waals surface area contributed by atoms with E-state index in [1.807, 2.05) is 68.6 Å². The number of nitrogens with zero attached hydrogens (tertiary/aromatic N) is 3. The van der Waals surface area contributed by atoms with Gasteiger partial charge in [-0.15, -0.1) is 0 Å². The molecule has 0 N–H and O–H groups in total. The van der Waals surface area contributed by atoms with Gasteiger partial charge in [-0.1, -0.05) is 54.6 Å². The predicted octanol–water partition coefficient (Wildman–Crippen LogP) is 3.91. The molecule has 2 heterocycles. The van der Waals surface area contributed by atoms with E-state index in [0.717, 1.165) is 36.2 Å². The third-order valence-electron chi connectivity index (χ3n) is 7.78. The minimum absolute atomic E-state index is 0.00229. The van der Waals surface area contributed by atoms with E-state index in [9.17, 15) is 14.4 Å². The van der Waals surface area contributed by atoms with Gasteiger partial charge in [-0.3, -0.25) is 19.3 Å². The van der Waals surface area contributed by atoms with Crippen LogP contribution in [0.2, 0.25) is 0 Å². The zero-order valence-electron chi connectivity index (χ0n) is 21.2. The lowest BCUT2D eigenvalue weighted by Gasteiger charge is -2.31. The van der Waals surface area contributed by atoms with Crippen molar-refractivity contribution in [2.75, 3.05) is 26.7 Å². The summed E-state index contributed by atoms with van der Waals surface area (Å²) in [6.45, 7) is 7.28. The second-order valence-corrected chi connectivity index (χ2v) is 10.2. The van der Waals surface area contributed by atoms with Gasteiger partial charge in [0.25, 0.3) is 0 Å². The third-order valence-corrected chi connectivity index (χ3v) is 7.78. The van der Waals surface area contributed by atoms with Crippen LogP contribution in [0.5, 0.6) is 0 Å². The molecule has 0 spiro atoms. The van der Waals surface area contributed by atoms with Crippen molar-refractivity contribution in [3.63, 3.8) is 0 Å². The molecule has 2 aromatic rings. The summed E-state index contributed by atoms with van der Waals surface area (Å²) in [6.07, 6.45) is 3.41. The number of imide groups is 1. The first-order valence-electron chi connectivity index (χ1n) is 12.7. The van der Waals surface area contributed by atoms with Crippen LogP contribution in [0.15, 0.2) is 54.6 Å². The number of amides is 3. The van der Waals surface area contributed by atoms with Crippen LogP contribution in [-0.4, -0.2) is 65.1 Å².